The Hall–Kier alpha value is -1.37. The molecule has 2 fully saturated rings. The monoisotopic (exact) mass is 349 g/mol. The molecule has 2 aliphatic heterocycles. The van der Waals surface area contributed by atoms with Gasteiger partial charge in [0.1, 0.15) is 5.76 Å². The summed E-state index contributed by atoms with van der Waals surface area (Å²) in [5.74, 6) is 1.00. The highest BCUT2D eigenvalue weighted by Gasteiger charge is 2.24. The Labute approximate surface area is 150 Å². The minimum atomic E-state index is 0.111. The number of likely N-dealkylation sites (tertiary alicyclic amines) is 1. The standard InChI is InChI=1S/C19H31N3O3/c1-2-21-9-7-16(8-10-21)20-19(23)15-22(13-17-5-3-11-24-17)14-18-6-4-12-25-18/h3,5,11,16,18H,2,4,6-10,12-15H2,1H3,(H,20,23). The van der Waals surface area contributed by atoms with E-state index in [4.69, 9.17) is 9.15 Å². The average molecular weight is 349 g/mol. The fraction of sp³-hybridized carbons (Fsp3) is 0.737. The first-order valence-corrected chi connectivity index (χ1v) is 9.61. The Kier molecular flexibility index (Phi) is 6.90. The predicted octanol–water partition coefficient (Wildman–Crippen LogP) is 1.86. The van der Waals surface area contributed by atoms with Crippen molar-refractivity contribution in [1.29, 1.82) is 0 Å². The van der Waals surface area contributed by atoms with Gasteiger partial charge in [0.05, 0.1) is 25.5 Å². The van der Waals surface area contributed by atoms with Crippen LogP contribution in [-0.2, 0) is 16.1 Å². The molecule has 2 saturated heterocycles. The normalized spacial score (nSPS) is 22.6. The lowest BCUT2D eigenvalue weighted by Gasteiger charge is -2.32. The Morgan fingerprint density at radius 1 is 1.36 bits per heavy atom. The summed E-state index contributed by atoms with van der Waals surface area (Å²) in [5.41, 5.74) is 0. The molecule has 1 atom stereocenters. The zero-order chi connectivity index (χ0) is 17.5. The van der Waals surface area contributed by atoms with Crippen molar-refractivity contribution in [2.75, 3.05) is 39.3 Å². The van der Waals surface area contributed by atoms with E-state index in [1.165, 1.54) is 0 Å². The highest BCUT2D eigenvalue weighted by Crippen LogP contribution is 2.15. The maximum absolute atomic E-state index is 12.5. The molecule has 1 amide bonds. The number of furan rings is 1. The number of ether oxygens (including phenoxy) is 1. The van der Waals surface area contributed by atoms with Gasteiger partial charge in [0, 0.05) is 32.3 Å². The van der Waals surface area contributed by atoms with E-state index >= 15 is 0 Å². The molecule has 3 heterocycles. The molecule has 6 nitrogen and oxygen atoms in total. The molecule has 1 N–H and O–H groups in total. The number of nitrogens with zero attached hydrogens (tertiary/aromatic N) is 2. The van der Waals surface area contributed by atoms with Gasteiger partial charge in [0.15, 0.2) is 0 Å². The van der Waals surface area contributed by atoms with Gasteiger partial charge in [0.25, 0.3) is 0 Å². The molecule has 0 aliphatic carbocycles. The topological polar surface area (TPSA) is 58.0 Å². The SMILES string of the molecule is CCN1CCC(NC(=O)CN(Cc2ccco2)CC2CCCO2)CC1. The minimum Gasteiger partial charge on any atom is -0.468 e. The van der Waals surface area contributed by atoms with Gasteiger partial charge in [-0.15, -0.1) is 0 Å². The van der Waals surface area contributed by atoms with Crippen LogP contribution in [0.1, 0.15) is 38.4 Å². The second-order valence-electron chi connectivity index (χ2n) is 7.16. The largest absolute Gasteiger partial charge is 0.468 e. The van der Waals surface area contributed by atoms with Gasteiger partial charge in [-0.25, -0.2) is 0 Å². The lowest BCUT2D eigenvalue weighted by molar-refractivity contribution is -0.123. The lowest BCUT2D eigenvalue weighted by Crippen LogP contribution is -2.48. The van der Waals surface area contributed by atoms with E-state index in [1.807, 2.05) is 12.1 Å². The van der Waals surface area contributed by atoms with Gasteiger partial charge in [0.2, 0.25) is 5.91 Å². The summed E-state index contributed by atoms with van der Waals surface area (Å²) in [5, 5.41) is 3.22. The zero-order valence-corrected chi connectivity index (χ0v) is 15.3. The molecular weight excluding hydrogens is 318 g/mol. The van der Waals surface area contributed by atoms with Crippen molar-refractivity contribution in [2.24, 2.45) is 0 Å². The molecule has 140 valence electrons. The Morgan fingerprint density at radius 2 is 2.20 bits per heavy atom. The molecule has 1 aromatic rings. The molecule has 0 aromatic carbocycles. The van der Waals surface area contributed by atoms with E-state index < -0.39 is 0 Å². The maximum Gasteiger partial charge on any atom is 0.234 e. The third-order valence-electron chi connectivity index (χ3n) is 5.21. The molecule has 25 heavy (non-hydrogen) atoms. The molecule has 0 radical (unpaired) electrons. The van der Waals surface area contributed by atoms with Crippen molar-refractivity contribution in [3.05, 3.63) is 24.2 Å². The van der Waals surface area contributed by atoms with Gasteiger partial charge in [-0.1, -0.05) is 6.92 Å². The van der Waals surface area contributed by atoms with Crippen LogP contribution in [0.15, 0.2) is 22.8 Å². The molecule has 0 saturated carbocycles. The minimum absolute atomic E-state index is 0.111. The van der Waals surface area contributed by atoms with Crippen LogP contribution in [0.2, 0.25) is 0 Å². The van der Waals surface area contributed by atoms with E-state index in [2.05, 4.69) is 22.0 Å². The fourth-order valence-electron chi connectivity index (χ4n) is 3.75. The van der Waals surface area contributed by atoms with Crippen molar-refractivity contribution in [3.8, 4) is 0 Å². The van der Waals surface area contributed by atoms with Crippen molar-refractivity contribution in [3.63, 3.8) is 0 Å². The number of carbonyl (C=O) groups excluding carboxylic acids is 1. The Balaban J connectivity index is 1.48. The summed E-state index contributed by atoms with van der Waals surface area (Å²) in [6.07, 6.45) is 6.19. The van der Waals surface area contributed by atoms with Gasteiger partial charge in [-0.05, 0) is 44.4 Å². The van der Waals surface area contributed by atoms with Gasteiger partial charge in [-0.3, -0.25) is 9.69 Å². The number of hydrogen-bond acceptors (Lipinski definition) is 5. The first-order chi connectivity index (χ1) is 12.2. The highest BCUT2D eigenvalue weighted by atomic mass is 16.5. The first-order valence-electron chi connectivity index (χ1n) is 9.61. The highest BCUT2D eigenvalue weighted by molar-refractivity contribution is 5.78. The van der Waals surface area contributed by atoms with E-state index in [9.17, 15) is 4.79 Å². The van der Waals surface area contributed by atoms with Crippen molar-refractivity contribution in [2.45, 2.75) is 51.3 Å². The summed E-state index contributed by atoms with van der Waals surface area (Å²) < 4.78 is 11.2. The predicted molar refractivity (Wildman–Crippen MR) is 96.2 cm³/mol. The van der Waals surface area contributed by atoms with Gasteiger partial charge < -0.3 is 19.4 Å². The molecule has 2 aliphatic rings. The van der Waals surface area contributed by atoms with Crippen LogP contribution in [0.5, 0.6) is 0 Å². The molecule has 1 unspecified atom stereocenters. The van der Waals surface area contributed by atoms with E-state index in [1.54, 1.807) is 6.26 Å². The summed E-state index contributed by atoms with van der Waals surface area (Å²) in [6, 6.07) is 4.16. The molecular formula is C19H31N3O3. The Bertz CT molecular complexity index is 506. The molecule has 3 rings (SSSR count). The van der Waals surface area contributed by atoms with Crippen molar-refractivity contribution >= 4 is 5.91 Å². The molecule has 6 heteroatoms. The molecule has 0 spiro atoms. The third-order valence-corrected chi connectivity index (χ3v) is 5.21. The number of nitrogens with one attached hydrogen (secondary N) is 1. The van der Waals surface area contributed by atoms with E-state index in [-0.39, 0.29) is 12.0 Å². The first kappa shape index (κ1) is 18.4. The van der Waals surface area contributed by atoms with Crippen molar-refractivity contribution < 1.29 is 13.9 Å². The van der Waals surface area contributed by atoms with Crippen LogP contribution in [0.4, 0.5) is 0 Å². The number of rotatable bonds is 8. The lowest BCUT2D eigenvalue weighted by atomic mass is 10.1. The quantitative estimate of drug-likeness (QED) is 0.776. The Morgan fingerprint density at radius 3 is 2.84 bits per heavy atom. The van der Waals surface area contributed by atoms with Crippen LogP contribution >= 0.6 is 0 Å². The van der Waals surface area contributed by atoms with Gasteiger partial charge >= 0.3 is 0 Å². The number of piperidine rings is 1. The van der Waals surface area contributed by atoms with Crippen LogP contribution in [0.3, 0.4) is 0 Å². The number of hydrogen-bond donors (Lipinski definition) is 1. The second kappa shape index (κ2) is 9.36. The number of carbonyl (C=O) groups is 1. The maximum atomic E-state index is 12.5. The van der Waals surface area contributed by atoms with Crippen LogP contribution < -0.4 is 5.32 Å². The van der Waals surface area contributed by atoms with Gasteiger partial charge in [-0.2, -0.15) is 0 Å². The summed E-state index contributed by atoms with van der Waals surface area (Å²) in [7, 11) is 0. The van der Waals surface area contributed by atoms with E-state index in [0.29, 0.717) is 19.1 Å². The summed E-state index contributed by atoms with van der Waals surface area (Å²) >= 11 is 0. The summed E-state index contributed by atoms with van der Waals surface area (Å²) in [6.45, 7) is 8.10. The number of amides is 1. The average Bonchev–Trinajstić information content (AvgIpc) is 3.29. The van der Waals surface area contributed by atoms with Crippen LogP contribution in [-0.4, -0.2) is 67.2 Å². The molecule has 0 bridgehead atoms. The van der Waals surface area contributed by atoms with Crippen molar-refractivity contribution in [1.82, 2.24) is 15.1 Å². The molecule has 1 aromatic heterocycles. The van der Waals surface area contributed by atoms with Crippen LogP contribution in [0.25, 0.3) is 0 Å². The fourth-order valence-corrected chi connectivity index (χ4v) is 3.75. The smallest absolute Gasteiger partial charge is 0.234 e. The summed E-state index contributed by atoms with van der Waals surface area (Å²) in [4.78, 5) is 17.1. The van der Waals surface area contributed by atoms with E-state index in [0.717, 1.165) is 64.2 Å². The zero-order valence-electron chi connectivity index (χ0n) is 15.3. The second-order valence-corrected chi connectivity index (χ2v) is 7.16. The van der Waals surface area contributed by atoms with Crippen LogP contribution in [0, 0.1) is 0 Å². The third kappa shape index (κ3) is 5.83.